The number of amides is 4. The van der Waals surface area contributed by atoms with Crippen molar-refractivity contribution in [2.24, 2.45) is 0 Å². The molecule has 0 radical (unpaired) electrons. The lowest BCUT2D eigenvalue weighted by atomic mass is 9.62. The first kappa shape index (κ1) is 26.0. The molecule has 1 fully saturated rings. The average Bonchev–Trinajstić information content (AvgIpc) is 3.18. The summed E-state index contributed by atoms with van der Waals surface area (Å²) in [6.45, 7) is 0.123. The molecule has 36 heavy (non-hydrogen) atoms. The molecular formula is C22H22B4ClF2N3O4. The van der Waals surface area contributed by atoms with Crippen molar-refractivity contribution in [3.8, 4) is 0 Å². The summed E-state index contributed by atoms with van der Waals surface area (Å²) in [7, 11) is 6.24. The van der Waals surface area contributed by atoms with Crippen molar-refractivity contribution in [3.05, 3.63) is 69.7 Å². The molecular weight excluding hydrogens is 487 g/mol. The summed E-state index contributed by atoms with van der Waals surface area (Å²) in [6.07, 6.45) is 0.192. The highest BCUT2D eigenvalue weighted by molar-refractivity contribution is 6.37. The van der Waals surface area contributed by atoms with E-state index in [0.29, 0.717) is 16.7 Å². The number of halogens is 3. The normalized spacial score (nSPS) is 22.7. The van der Waals surface area contributed by atoms with E-state index in [1.165, 1.54) is 25.0 Å². The van der Waals surface area contributed by atoms with Crippen LogP contribution in [-0.4, -0.2) is 70.3 Å². The van der Waals surface area contributed by atoms with Crippen LogP contribution in [0.3, 0.4) is 0 Å². The highest BCUT2D eigenvalue weighted by atomic mass is 35.5. The summed E-state index contributed by atoms with van der Waals surface area (Å²) in [6, 6.07) is 9.72. The standard InChI is InChI=1S/C22H22B4ClF2N3O4/c23-15-8-21(25,19(35)30-17(15)33)31-9-11-7-10(1-6-14(11)18(31)34)16(24)32(26)20(36)22(28,29)12-2-4-13(27)5-3-12/h1-7,15-16H,8-9,23-26H2,(H,30,33,35). The largest absolute Gasteiger partial charge is 0.389 e. The Labute approximate surface area is 215 Å². The monoisotopic (exact) mass is 509 g/mol. The number of imide groups is 1. The van der Waals surface area contributed by atoms with Gasteiger partial charge in [-0.2, -0.15) is 8.78 Å². The van der Waals surface area contributed by atoms with Crippen LogP contribution in [0.4, 0.5) is 8.78 Å². The third kappa shape index (κ3) is 4.23. The van der Waals surface area contributed by atoms with Gasteiger partial charge >= 0.3 is 5.92 Å². The van der Waals surface area contributed by atoms with Gasteiger partial charge in [-0.3, -0.25) is 24.5 Å². The summed E-state index contributed by atoms with van der Waals surface area (Å²) < 4.78 is 29.9. The van der Waals surface area contributed by atoms with Gasteiger partial charge in [-0.05, 0) is 35.7 Å². The van der Waals surface area contributed by atoms with Gasteiger partial charge in [0.2, 0.25) is 19.8 Å². The first-order valence-corrected chi connectivity index (χ1v) is 11.9. The zero-order valence-electron chi connectivity index (χ0n) is 20.3. The van der Waals surface area contributed by atoms with Crippen LogP contribution in [0.25, 0.3) is 0 Å². The van der Waals surface area contributed by atoms with Gasteiger partial charge in [-0.25, -0.2) is 0 Å². The quantitative estimate of drug-likeness (QED) is 0.410. The molecule has 0 spiro atoms. The molecule has 0 saturated carbocycles. The van der Waals surface area contributed by atoms with E-state index in [4.69, 9.17) is 11.6 Å². The Morgan fingerprint density at radius 3 is 2.47 bits per heavy atom. The van der Waals surface area contributed by atoms with E-state index >= 15 is 0 Å². The number of benzene rings is 2. The van der Waals surface area contributed by atoms with Crippen LogP contribution in [0.5, 0.6) is 0 Å². The highest BCUT2D eigenvalue weighted by Gasteiger charge is 2.50. The molecule has 4 amide bonds. The smallest absolute Gasteiger partial charge is 0.348 e. The maximum absolute atomic E-state index is 14.9. The number of carbonyl (C=O) groups is 4. The number of hydrogen-bond donors (Lipinski definition) is 1. The maximum Gasteiger partial charge on any atom is 0.348 e. The van der Waals surface area contributed by atoms with Gasteiger partial charge < -0.3 is 9.71 Å². The fourth-order valence-corrected chi connectivity index (χ4v) is 4.91. The lowest BCUT2D eigenvalue weighted by Crippen LogP contribution is -2.64. The summed E-state index contributed by atoms with van der Waals surface area (Å²) in [5.74, 6) is -7.55. The molecule has 4 rings (SSSR count). The summed E-state index contributed by atoms with van der Waals surface area (Å²) in [5.41, 5.74) is -0.0909. The fourth-order valence-electron chi connectivity index (χ4n) is 4.79. The number of alkyl halides is 2. The topological polar surface area (TPSA) is 86.8 Å². The van der Waals surface area contributed by atoms with Crippen LogP contribution in [0.15, 0.2) is 42.5 Å². The first-order chi connectivity index (χ1) is 16.8. The van der Waals surface area contributed by atoms with Gasteiger partial charge in [0.1, 0.15) is 23.5 Å². The molecule has 3 atom stereocenters. The van der Waals surface area contributed by atoms with Crippen molar-refractivity contribution < 1.29 is 28.0 Å². The van der Waals surface area contributed by atoms with Gasteiger partial charge in [0, 0.05) is 34.5 Å². The lowest BCUT2D eigenvalue weighted by Gasteiger charge is -2.42. The van der Waals surface area contributed by atoms with E-state index in [2.05, 4.69) is 5.32 Å². The van der Waals surface area contributed by atoms with E-state index < -0.39 is 40.5 Å². The second-order valence-corrected chi connectivity index (χ2v) is 10.1. The molecule has 7 nitrogen and oxygen atoms in total. The van der Waals surface area contributed by atoms with Gasteiger partial charge in [0.15, 0.2) is 0 Å². The Kier molecular flexibility index (Phi) is 6.58. The van der Waals surface area contributed by atoms with Crippen LogP contribution in [-0.2, 0) is 26.9 Å². The molecule has 2 heterocycles. The molecule has 2 aliphatic rings. The van der Waals surface area contributed by atoms with Crippen LogP contribution >= 0.6 is 11.6 Å². The molecule has 182 valence electrons. The number of carbonyl (C=O) groups excluding carboxylic acids is 4. The van der Waals surface area contributed by atoms with Crippen molar-refractivity contribution in [2.75, 3.05) is 0 Å². The first-order valence-electron chi connectivity index (χ1n) is 11.5. The Balaban J connectivity index is 1.56. The van der Waals surface area contributed by atoms with Crippen LogP contribution < -0.4 is 5.32 Å². The molecule has 1 saturated heterocycles. The summed E-state index contributed by atoms with van der Waals surface area (Å²) in [4.78, 5) is 52.9. The molecule has 0 aromatic heterocycles. The summed E-state index contributed by atoms with van der Waals surface area (Å²) >= 11 is 5.78. The Morgan fingerprint density at radius 1 is 1.19 bits per heavy atom. The minimum atomic E-state index is -3.76. The molecule has 2 aromatic carbocycles. The number of rotatable bonds is 5. The molecule has 2 aromatic rings. The molecule has 1 N–H and O–H groups in total. The molecule has 0 bridgehead atoms. The van der Waals surface area contributed by atoms with Crippen molar-refractivity contribution in [1.29, 1.82) is 0 Å². The Morgan fingerprint density at radius 2 is 1.83 bits per heavy atom. The zero-order valence-corrected chi connectivity index (χ0v) is 21.0. The minimum Gasteiger partial charge on any atom is -0.389 e. The van der Waals surface area contributed by atoms with E-state index in [9.17, 15) is 28.0 Å². The van der Waals surface area contributed by atoms with Crippen LogP contribution in [0, 0.1) is 0 Å². The zero-order chi connectivity index (χ0) is 26.6. The van der Waals surface area contributed by atoms with Crippen molar-refractivity contribution >= 4 is 66.7 Å². The van der Waals surface area contributed by atoms with Crippen LogP contribution in [0.2, 0.25) is 10.8 Å². The van der Waals surface area contributed by atoms with Gasteiger partial charge in [-0.15, -0.1) is 0 Å². The predicted octanol–water partition coefficient (Wildman–Crippen LogP) is -1.11. The number of piperidine rings is 1. The Hall–Kier alpha value is -3.07. The average molecular weight is 509 g/mol. The van der Waals surface area contributed by atoms with E-state index in [1.807, 2.05) is 0 Å². The van der Waals surface area contributed by atoms with Gasteiger partial charge in [0.25, 0.3) is 11.8 Å². The van der Waals surface area contributed by atoms with Crippen LogP contribution in [0.1, 0.15) is 39.4 Å². The summed E-state index contributed by atoms with van der Waals surface area (Å²) in [5, 5.41) is 2.62. The molecule has 0 aliphatic carbocycles. The minimum absolute atomic E-state index is 0.123. The number of fused-ring (bicyclic) bond motifs is 1. The van der Waals surface area contributed by atoms with Crippen molar-refractivity contribution in [3.63, 3.8) is 0 Å². The van der Waals surface area contributed by atoms with Crippen molar-refractivity contribution in [2.45, 2.75) is 36.1 Å². The second-order valence-electron chi connectivity index (χ2n) is 9.68. The van der Waals surface area contributed by atoms with Crippen molar-refractivity contribution in [1.82, 2.24) is 15.0 Å². The van der Waals surface area contributed by atoms with Gasteiger partial charge in [-0.1, -0.05) is 35.9 Å². The van der Waals surface area contributed by atoms with E-state index in [1.54, 1.807) is 41.7 Å². The third-order valence-corrected chi connectivity index (χ3v) is 7.52. The van der Waals surface area contributed by atoms with Gasteiger partial charge in [0.05, 0.1) is 5.44 Å². The highest BCUT2D eigenvalue weighted by Crippen LogP contribution is 2.37. The third-order valence-electron chi connectivity index (χ3n) is 7.27. The van der Waals surface area contributed by atoms with E-state index in [-0.39, 0.29) is 29.8 Å². The number of hydrogen-bond acceptors (Lipinski definition) is 4. The molecule has 2 aliphatic heterocycles. The second kappa shape index (κ2) is 9.10. The predicted molar refractivity (Wildman–Crippen MR) is 140 cm³/mol. The lowest BCUT2D eigenvalue weighted by molar-refractivity contribution is -0.154. The maximum atomic E-state index is 14.9. The Bertz CT molecular complexity index is 1280. The molecule has 14 heteroatoms. The SMILES string of the molecule is BC1CC(B)(N2Cc3cc(C(B)N(B)C(=O)C(F)(F)c4ccc(Cl)cc4)ccc3C2=O)C(=O)NC1=O. The number of nitrogens with one attached hydrogen (secondary N) is 1. The van der Waals surface area contributed by atoms with E-state index in [0.717, 1.165) is 16.9 Å². The molecule has 3 unspecified atom stereocenters. The number of nitrogens with zero attached hydrogens (tertiary/aromatic N) is 2. The fraction of sp³-hybridized carbons (Fsp3) is 0.273.